The molecule has 0 unspecified atom stereocenters. The number of carboxylic acid groups (broad SMARTS) is 1. The summed E-state index contributed by atoms with van der Waals surface area (Å²) in [4.78, 5) is 23.9. The molecule has 1 aromatic rings. The van der Waals surface area contributed by atoms with Crippen LogP contribution in [0.3, 0.4) is 0 Å². The summed E-state index contributed by atoms with van der Waals surface area (Å²) < 4.78 is 32.7. The first-order valence-corrected chi connectivity index (χ1v) is 7.48. The quantitative estimate of drug-likeness (QED) is 0.867. The lowest BCUT2D eigenvalue weighted by molar-refractivity contribution is -0.143. The highest BCUT2D eigenvalue weighted by molar-refractivity contribution is 5.91. The summed E-state index contributed by atoms with van der Waals surface area (Å²) in [6.07, 6.45) is 0.619. The summed E-state index contributed by atoms with van der Waals surface area (Å²) >= 11 is 0. The van der Waals surface area contributed by atoms with Gasteiger partial charge in [-0.1, -0.05) is 13.0 Å². The Kier molecular flexibility index (Phi) is 5.30. The van der Waals surface area contributed by atoms with Crippen molar-refractivity contribution in [3.8, 4) is 0 Å². The molecule has 1 saturated heterocycles. The second kappa shape index (κ2) is 7.04. The Bertz CT molecular complexity index is 600. The highest BCUT2D eigenvalue weighted by Gasteiger charge is 2.44. The molecule has 1 heterocycles. The van der Waals surface area contributed by atoms with Crippen LogP contribution in [0, 0.1) is 11.6 Å². The number of carboxylic acids is 1. The fourth-order valence-electron chi connectivity index (χ4n) is 2.85. The molecular weight excluding hydrogens is 308 g/mol. The summed E-state index contributed by atoms with van der Waals surface area (Å²) in [6.45, 7) is 2.12. The predicted octanol–water partition coefficient (Wildman–Crippen LogP) is 1.99. The molecular formula is C16H19F2NO4. The number of hydrogen-bond acceptors (Lipinski definition) is 3. The number of benzene rings is 1. The minimum atomic E-state index is -1.25. The van der Waals surface area contributed by atoms with Crippen LogP contribution in [0.1, 0.15) is 31.7 Å². The lowest BCUT2D eigenvalue weighted by Crippen LogP contribution is -2.53. The molecule has 5 nitrogen and oxygen atoms in total. The molecule has 0 radical (unpaired) electrons. The van der Waals surface area contributed by atoms with Crippen molar-refractivity contribution in [3.05, 3.63) is 35.4 Å². The number of aliphatic carboxylic acids is 1. The van der Waals surface area contributed by atoms with Gasteiger partial charge in [0.1, 0.15) is 17.7 Å². The van der Waals surface area contributed by atoms with Gasteiger partial charge in [0.25, 0.3) is 0 Å². The van der Waals surface area contributed by atoms with E-state index >= 15 is 0 Å². The number of ether oxygens (including phenoxy) is 1. The Hall–Kier alpha value is -2.02. The van der Waals surface area contributed by atoms with Crippen LogP contribution in [0.25, 0.3) is 0 Å². The van der Waals surface area contributed by atoms with Gasteiger partial charge in [0, 0.05) is 24.8 Å². The normalized spacial score (nSPS) is 18.2. The van der Waals surface area contributed by atoms with Crippen molar-refractivity contribution >= 4 is 11.9 Å². The minimum Gasteiger partial charge on any atom is -0.480 e. The predicted molar refractivity (Wildman–Crippen MR) is 77.9 cm³/mol. The zero-order valence-electron chi connectivity index (χ0n) is 12.8. The average molecular weight is 327 g/mol. The Labute approximate surface area is 132 Å². The maximum absolute atomic E-state index is 14.2. The van der Waals surface area contributed by atoms with E-state index in [-0.39, 0.29) is 38.0 Å². The second-order valence-electron chi connectivity index (χ2n) is 5.59. The molecule has 1 atom stereocenters. The Balaban J connectivity index is 2.39. The molecule has 1 aliphatic heterocycles. The van der Waals surface area contributed by atoms with Crippen molar-refractivity contribution in [2.24, 2.45) is 0 Å². The topological polar surface area (TPSA) is 75.6 Å². The molecule has 1 aliphatic rings. The van der Waals surface area contributed by atoms with Crippen LogP contribution in [-0.2, 0) is 19.7 Å². The van der Waals surface area contributed by atoms with Gasteiger partial charge in [0.2, 0.25) is 5.91 Å². The molecule has 0 spiro atoms. The lowest BCUT2D eigenvalue weighted by atomic mass is 9.73. The first kappa shape index (κ1) is 17.3. The van der Waals surface area contributed by atoms with Crippen LogP contribution in [0.15, 0.2) is 18.2 Å². The number of carbonyl (C=O) groups is 2. The van der Waals surface area contributed by atoms with Gasteiger partial charge < -0.3 is 15.2 Å². The van der Waals surface area contributed by atoms with Gasteiger partial charge in [-0.3, -0.25) is 4.79 Å². The van der Waals surface area contributed by atoms with E-state index in [0.717, 1.165) is 12.1 Å². The van der Waals surface area contributed by atoms with Gasteiger partial charge in [-0.05, 0) is 25.3 Å². The van der Waals surface area contributed by atoms with E-state index in [2.05, 4.69) is 5.32 Å². The van der Waals surface area contributed by atoms with E-state index in [1.54, 1.807) is 6.92 Å². The summed E-state index contributed by atoms with van der Waals surface area (Å²) in [5.41, 5.74) is -1.18. The van der Waals surface area contributed by atoms with E-state index in [1.165, 1.54) is 6.07 Å². The molecule has 2 rings (SSSR count). The van der Waals surface area contributed by atoms with Crippen molar-refractivity contribution in [2.75, 3.05) is 13.2 Å². The largest absolute Gasteiger partial charge is 0.480 e. The highest BCUT2D eigenvalue weighted by Crippen LogP contribution is 2.37. The third-order valence-corrected chi connectivity index (χ3v) is 4.24. The third-order valence-electron chi connectivity index (χ3n) is 4.24. The van der Waals surface area contributed by atoms with Crippen molar-refractivity contribution < 1.29 is 28.2 Å². The van der Waals surface area contributed by atoms with Gasteiger partial charge in [-0.15, -0.1) is 0 Å². The van der Waals surface area contributed by atoms with Gasteiger partial charge in [-0.2, -0.15) is 0 Å². The van der Waals surface area contributed by atoms with E-state index < -0.39 is 35.0 Å². The molecule has 0 aromatic heterocycles. The molecule has 0 bridgehead atoms. The maximum atomic E-state index is 14.2. The summed E-state index contributed by atoms with van der Waals surface area (Å²) in [5, 5.41) is 11.6. The average Bonchev–Trinajstić information content (AvgIpc) is 2.52. The first-order valence-electron chi connectivity index (χ1n) is 7.48. The van der Waals surface area contributed by atoms with Crippen LogP contribution < -0.4 is 5.32 Å². The fourth-order valence-corrected chi connectivity index (χ4v) is 2.85. The number of rotatable bonds is 5. The van der Waals surface area contributed by atoms with E-state index in [1.807, 2.05) is 0 Å². The number of amides is 1. The molecule has 2 N–H and O–H groups in total. The maximum Gasteiger partial charge on any atom is 0.326 e. The molecule has 1 amide bonds. The molecule has 126 valence electrons. The van der Waals surface area contributed by atoms with Crippen LogP contribution in [-0.4, -0.2) is 36.2 Å². The summed E-state index contributed by atoms with van der Waals surface area (Å²) in [7, 11) is 0. The molecule has 23 heavy (non-hydrogen) atoms. The Morgan fingerprint density at radius 1 is 1.35 bits per heavy atom. The zero-order valence-corrected chi connectivity index (χ0v) is 12.8. The highest BCUT2D eigenvalue weighted by atomic mass is 19.1. The van der Waals surface area contributed by atoms with Gasteiger partial charge in [-0.25, -0.2) is 13.6 Å². The second-order valence-corrected chi connectivity index (χ2v) is 5.59. The van der Waals surface area contributed by atoms with Gasteiger partial charge in [0.15, 0.2) is 0 Å². The number of halogens is 2. The van der Waals surface area contributed by atoms with Crippen molar-refractivity contribution in [1.82, 2.24) is 5.32 Å². The van der Waals surface area contributed by atoms with E-state index in [9.17, 15) is 18.4 Å². The van der Waals surface area contributed by atoms with Crippen LogP contribution >= 0.6 is 0 Å². The molecule has 1 aromatic carbocycles. The van der Waals surface area contributed by atoms with E-state index in [4.69, 9.17) is 9.84 Å². The van der Waals surface area contributed by atoms with Crippen LogP contribution in [0.5, 0.6) is 0 Å². The van der Waals surface area contributed by atoms with Crippen molar-refractivity contribution in [2.45, 2.75) is 37.6 Å². The number of nitrogens with one attached hydrogen (secondary N) is 1. The summed E-state index contributed by atoms with van der Waals surface area (Å²) in [6, 6.07) is 2.02. The van der Waals surface area contributed by atoms with Crippen molar-refractivity contribution in [3.63, 3.8) is 0 Å². The Morgan fingerprint density at radius 3 is 2.52 bits per heavy atom. The van der Waals surface area contributed by atoms with Crippen molar-refractivity contribution in [1.29, 1.82) is 0 Å². The molecule has 0 saturated carbocycles. The third kappa shape index (κ3) is 3.50. The lowest BCUT2D eigenvalue weighted by Gasteiger charge is -2.37. The standard InChI is InChI=1S/C16H19F2NO4/c1-2-13(14(20)21)19-15(22)16(5-7-23-8-6-16)11-4-3-10(17)9-12(11)18/h3-4,9,13H,2,5-8H2,1H3,(H,19,22)(H,20,21)/t13-/m0/s1. The number of hydrogen-bond donors (Lipinski definition) is 2. The minimum absolute atomic E-state index is 0.0694. The molecule has 1 fully saturated rings. The molecule has 0 aliphatic carbocycles. The first-order chi connectivity index (χ1) is 10.9. The smallest absolute Gasteiger partial charge is 0.326 e. The van der Waals surface area contributed by atoms with Crippen LogP contribution in [0.4, 0.5) is 8.78 Å². The van der Waals surface area contributed by atoms with E-state index in [0.29, 0.717) is 0 Å². The fraction of sp³-hybridized carbons (Fsp3) is 0.500. The van der Waals surface area contributed by atoms with Gasteiger partial charge >= 0.3 is 5.97 Å². The SMILES string of the molecule is CC[C@H](NC(=O)C1(c2ccc(F)cc2F)CCOCC1)C(=O)O. The number of carbonyl (C=O) groups excluding carboxylic acids is 1. The van der Waals surface area contributed by atoms with Gasteiger partial charge in [0.05, 0.1) is 5.41 Å². The van der Waals surface area contributed by atoms with Crippen LogP contribution in [0.2, 0.25) is 0 Å². The monoisotopic (exact) mass is 327 g/mol. The Morgan fingerprint density at radius 2 is 2.00 bits per heavy atom. The summed E-state index contributed by atoms with van der Waals surface area (Å²) in [5.74, 6) is -3.26. The molecule has 7 heteroatoms. The zero-order chi connectivity index (χ0) is 17.0.